The number of hydrogen-bond acceptors (Lipinski definition) is 6. The van der Waals surface area contributed by atoms with Crippen LogP contribution in [0.1, 0.15) is 6.92 Å². The van der Waals surface area contributed by atoms with Crippen molar-refractivity contribution in [3.63, 3.8) is 0 Å². The summed E-state index contributed by atoms with van der Waals surface area (Å²) >= 11 is 0. The summed E-state index contributed by atoms with van der Waals surface area (Å²) in [4.78, 5) is 6.31. The van der Waals surface area contributed by atoms with Gasteiger partial charge in [-0.05, 0) is 31.2 Å². The van der Waals surface area contributed by atoms with Gasteiger partial charge in [-0.1, -0.05) is 0 Å². The average Bonchev–Trinajstić information content (AvgIpc) is 2.66. The Morgan fingerprint density at radius 1 is 1.18 bits per heavy atom. The number of anilines is 2. The fourth-order valence-electron chi connectivity index (χ4n) is 2.87. The van der Waals surface area contributed by atoms with Gasteiger partial charge in [-0.3, -0.25) is 9.62 Å². The molecule has 1 aromatic carbocycles. The second-order valence-corrected chi connectivity index (χ2v) is 8.20. The molecule has 0 spiro atoms. The van der Waals surface area contributed by atoms with Crippen molar-refractivity contribution >= 4 is 21.5 Å². The molecule has 1 fully saturated rings. The molecule has 3 rings (SSSR count). The Balaban J connectivity index is 1.61. The van der Waals surface area contributed by atoms with Gasteiger partial charge in [-0.15, -0.1) is 0 Å². The number of halogens is 2. The van der Waals surface area contributed by atoms with E-state index in [1.165, 1.54) is 12.3 Å². The first-order chi connectivity index (χ1) is 13.3. The number of sulfonamides is 1. The topological polar surface area (TPSA) is 83.6 Å². The highest BCUT2D eigenvalue weighted by Crippen LogP contribution is 2.19. The molecule has 0 bridgehead atoms. The second kappa shape index (κ2) is 8.80. The van der Waals surface area contributed by atoms with Crippen molar-refractivity contribution in [2.75, 3.05) is 42.9 Å². The fourth-order valence-corrected chi connectivity index (χ4v) is 3.85. The van der Waals surface area contributed by atoms with Crippen LogP contribution >= 0.6 is 0 Å². The zero-order valence-corrected chi connectivity index (χ0v) is 16.2. The zero-order chi connectivity index (χ0) is 20.1. The Morgan fingerprint density at radius 3 is 2.46 bits per heavy atom. The third-order valence-corrected chi connectivity index (χ3v) is 5.78. The number of benzene rings is 1. The van der Waals surface area contributed by atoms with Gasteiger partial charge in [0.15, 0.2) is 0 Å². The summed E-state index contributed by atoms with van der Waals surface area (Å²) in [5.74, 6) is -1.20. The number of morpholine rings is 1. The number of rotatable bonds is 7. The van der Waals surface area contributed by atoms with Crippen LogP contribution < -0.4 is 10.0 Å². The van der Waals surface area contributed by atoms with E-state index >= 15 is 0 Å². The number of nitrogens with one attached hydrogen (secondary N) is 2. The average molecular weight is 412 g/mol. The van der Waals surface area contributed by atoms with Crippen LogP contribution in [0.3, 0.4) is 0 Å². The van der Waals surface area contributed by atoms with E-state index in [2.05, 4.69) is 26.8 Å². The van der Waals surface area contributed by atoms with Crippen molar-refractivity contribution in [1.29, 1.82) is 0 Å². The number of hydrogen-bond donors (Lipinski definition) is 2. The third-order valence-electron chi connectivity index (χ3n) is 4.41. The van der Waals surface area contributed by atoms with Crippen molar-refractivity contribution in [1.82, 2.24) is 9.88 Å². The maximum Gasteiger partial charge on any atom is 0.263 e. The SMILES string of the molecule is CC(CNc1ccc(S(=O)(=O)Nc2cc(F)cc(F)c2)cn1)N1CCOCC1. The standard InChI is InChI=1S/C18H22F2N4O3S/c1-13(24-4-6-27-7-5-24)11-21-18-3-2-17(12-22-18)28(25,26)23-16-9-14(19)8-15(20)10-16/h2-3,8-10,12-13,23H,4-7,11H2,1H3,(H,21,22). The minimum atomic E-state index is -4.01. The molecule has 10 heteroatoms. The summed E-state index contributed by atoms with van der Waals surface area (Å²) in [5, 5.41) is 3.18. The van der Waals surface area contributed by atoms with Gasteiger partial charge in [0.25, 0.3) is 10.0 Å². The maximum absolute atomic E-state index is 13.2. The third kappa shape index (κ3) is 5.37. The Labute approximate surface area is 162 Å². The van der Waals surface area contributed by atoms with E-state index in [0.29, 0.717) is 18.4 Å². The molecule has 1 atom stereocenters. The first-order valence-corrected chi connectivity index (χ1v) is 10.3. The predicted molar refractivity (Wildman–Crippen MR) is 102 cm³/mol. The van der Waals surface area contributed by atoms with E-state index in [-0.39, 0.29) is 16.6 Å². The molecule has 2 heterocycles. The van der Waals surface area contributed by atoms with Gasteiger partial charge < -0.3 is 10.1 Å². The smallest absolute Gasteiger partial charge is 0.263 e. The van der Waals surface area contributed by atoms with Gasteiger partial charge in [0, 0.05) is 37.9 Å². The highest BCUT2D eigenvalue weighted by atomic mass is 32.2. The van der Waals surface area contributed by atoms with Gasteiger partial charge in [0.1, 0.15) is 22.3 Å². The molecule has 1 aliphatic rings. The van der Waals surface area contributed by atoms with Crippen LogP contribution in [0.4, 0.5) is 20.3 Å². The van der Waals surface area contributed by atoms with Crippen LogP contribution in [0.5, 0.6) is 0 Å². The highest BCUT2D eigenvalue weighted by Gasteiger charge is 2.18. The summed E-state index contributed by atoms with van der Waals surface area (Å²) in [6.45, 7) is 5.94. The van der Waals surface area contributed by atoms with Crippen molar-refractivity contribution in [2.45, 2.75) is 17.9 Å². The number of nitrogens with zero attached hydrogens (tertiary/aromatic N) is 2. The molecule has 0 amide bonds. The van der Waals surface area contributed by atoms with Crippen LogP contribution in [0.15, 0.2) is 41.4 Å². The molecular weight excluding hydrogens is 390 g/mol. The lowest BCUT2D eigenvalue weighted by Crippen LogP contribution is -2.45. The lowest BCUT2D eigenvalue weighted by molar-refractivity contribution is 0.0227. The van der Waals surface area contributed by atoms with E-state index < -0.39 is 21.7 Å². The second-order valence-electron chi connectivity index (χ2n) is 6.52. The number of aromatic nitrogens is 1. The number of pyridine rings is 1. The molecule has 152 valence electrons. The molecule has 1 unspecified atom stereocenters. The molecule has 2 N–H and O–H groups in total. The summed E-state index contributed by atoms with van der Waals surface area (Å²) in [5.41, 5.74) is -0.195. The minimum absolute atomic E-state index is 0.107. The van der Waals surface area contributed by atoms with Crippen LogP contribution in [0, 0.1) is 11.6 Å². The lowest BCUT2D eigenvalue weighted by atomic mass is 10.2. The van der Waals surface area contributed by atoms with Crippen LogP contribution in [0.2, 0.25) is 0 Å². The summed E-state index contributed by atoms with van der Waals surface area (Å²) < 4.78 is 58.7. The van der Waals surface area contributed by atoms with E-state index in [0.717, 1.165) is 38.4 Å². The fraction of sp³-hybridized carbons (Fsp3) is 0.389. The van der Waals surface area contributed by atoms with Gasteiger partial charge in [0.05, 0.1) is 18.9 Å². The molecule has 1 aliphatic heterocycles. The normalized spacial score (nSPS) is 16.5. The number of ether oxygens (including phenoxy) is 1. The Hall–Kier alpha value is -2.30. The molecule has 0 saturated carbocycles. The minimum Gasteiger partial charge on any atom is -0.379 e. The Morgan fingerprint density at radius 2 is 1.86 bits per heavy atom. The molecular formula is C18H22F2N4O3S. The predicted octanol–water partition coefficient (Wildman–Crippen LogP) is 2.29. The quantitative estimate of drug-likeness (QED) is 0.726. The van der Waals surface area contributed by atoms with Gasteiger partial charge in [-0.2, -0.15) is 0 Å². The summed E-state index contributed by atoms with van der Waals surface area (Å²) in [6.07, 6.45) is 1.19. The van der Waals surface area contributed by atoms with Crippen LogP contribution in [-0.2, 0) is 14.8 Å². The molecule has 1 aromatic heterocycles. The first-order valence-electron chi connectivity index (χ1n) is 8.84. The molecule has 7 nitrogen and oxygen atoms in total. The molecule has 0 radical (unpaired) electrons. The molecule has 2 aromatic rings. The van der Waals surface area contributed by atoms with Crippen LogP contribution in [-0.4, -0.2) is 57.2 Å². The van der Waals surface area contributed by atoms with Crippen molar-refractivity contribution in [3.8, 4) is 0 Å². The molecule has 0 aliphatic carbocycles. The summed E-state index contributed by atoms with van der Waals surface area (Å²) in [7, 11) is -4.01. The van der Waals surface area contributed by atoms with Gasteiger partial charge in [-0.25, -0.2) is 22.2 Å². The first kappa shape index (κ1) is 20.4. The summed E-state index contributed by atoms with van der Waals surface area (Å²) in [6, 6.07) is 5.67. The Bertz CT molecular complexity index is 883. The van der Waals surface area contributed by atoms with E-state index in [1.807, 2.05) is 0 Å². The lowest BCUT2D eigenvalue weighted by Gasteiger charge is -2.32. The Kier molecular flexibility index (Phi) is 6.42. The van der Waals surface area contributed by atoms with Gasteiger partial charge >= 0.3 is 0 Å². The van der Waals surface area contributed by atoms with E-state index in [9.17, 15) is 17.2 Å². The van der Waals surface area contributed by atoms with E-state index in [4.69, 9.17) is 4.74 Å². The monoisotopic (exact) mass is 412 g/mol. The maximum atomic E-state index is 13.2. The largest absolute Gasteiger partial charge is 0.379 e. The zero-order valence-electron chi connectivity index (χ0n) is 15.4. The van der Waals surface area contributed by atoms with Crippen molar-refractivity contribution in [2.24, 2.45) is 0 Å². The van der Waals surface area contributed by atoms with Crippen molar-refractivity contribution in [3.05, 3.63) is 48.2 Å². The van der Waals surface area contributed by atoms with Gasteiger partial charge in [0.2, 0.25) is 0 Å². The van der Waals surface area contributed by atoms with E-state index in [1.54, 1.807) is 6.07 Å². The van der Waals surface area contributed by atoms with Crippen LogP contribution in [0.25, 0.3) is 0 Å². The van der Waals surface area contributed by atoms with Crippen molar-refractivity contribution < 1.29 is 21.9 Å². The highest BCUT2D eigenvalue weighted by molar-refractivity contribution is 7.92. The molecule has 28 heavy (non-hydrogen) atoms. The molecule has 1 saturated heterocycles.